The second kappa shape index (κ2) is 4.54. The molecule has 0 saturated heterocycles. The van der Waals surface area contributed by atoms with Gasteiger partial charge in [0.15, 0.2) is 11.0 Å². The van der Waals surface area contributed by atoms with Crippen molar-refractivity contribution in [3.63, 3.8) is 0 Å². The fourth-order valence-electron chi connectivity index (χ4n) is 1.43. The van der Waals surface area contributed by atoms with Crippen molar-refractivity contribution in [1.82, 2.24) is 14.8 Å². The van der Waals surface area contributed by atoms with E-state index in [1.54, 1.807) is 19.1 Å². The van der Waals surface area contributed by atoms with Crippen LogP contribution in [0, 0.1) is 18.2 Å². The molecule has 0 bridgehead atoms. The number of aryl methyl sites for hydroxylation is 1. The number of benzene rings is 1. The summed E-state index contributed by atoms with van der Waals surface area (Å²) in [5, 5.41) is 13.6. The van der Waals surface area contributed by atoms with Crippen molar-refractivity contribution in [3.8, 4) is 5.69 Å². The number of rotatable bonds is 2. The van der Waals surface area contributed by atoms with Crippen molar-refractivity contribution in [2.45, 2.75) is 6.92 Å². The SMILES string of the molecule is Cc1ncnn1-c1ccc(NC(=N)S)cc1F. The van der Waals surface area contributed by atoms with E-state index in [0.717, 1.165) is 0 Å². The molecule has 1 aromatic carbocycles. The Balaban J connectivity index is 2.39. The number of aromatic nitrogens is 3. The third-order valence-electron chi connectivity index (χ3n) is 2.16. The summed E-state index contributed by atoms with van der Waals surface area (Å²) >= 11 is 3.77. The zero-order valence-electron chi connectivity index (χ0n) is 8.98. The van der Waals surface area contributed by atoms with Crippen LogP contribution in [0.15, 0.2) is 24.5 Å². The van der Waals surface area contributed by atoms with Crippen molar-refractivity contribution >= 4 is 23.5 Å². The third kappa shape index (κ3) is 2.44. The van der Waals surface area contributed by atoms with E-state index in [1.165, 1.54) is 17.1 Å². The molecule has 0 aliphatic rings. The van der Waals surface area contributed by atoms with Gasteiger partial charge in [-0.15, -0.1) is 12.6 Å². The number of anilines is 1. The standard InChI is InChI=1S/C10H10FN5S/c1-6-13-5-14-16(6)9-3-2-7(4-8(9)11)15-10(12)17/h2-5H,1H3,(H3,12,15,17). The van der Waals surface area contributed by atoms with Gasteiger partial charge >= 0.3 is 0 Å². The molecule has 0 radical (unpaired) electrons. The third-order valence-corrected chi connectivity index (χ3v) is 2.27. The minimum Gasteiger partial charge on any atom is -0.335 e. The van der Waals surface area contributed by atoms with Crippen LogP contribution in [0.25, 0.3) is 5.69 Å². The fourth-order valence-corrected chi connectivity index (χ4v) is 1.56. The molecule has 1 aromatic heterocycles. The zero-order valence-corrected chi connectivity index (χ0v) is 9.87. The van der Waals surface area contributed by atoms with E-state index in [2.05, 4.69) is 28.0 Å². The highest BCUT2D eigenvalue weighted by molar-refractivity contribution is 7.97. The lowest BCUT2D eigenvalue weighted by Gasteiger charge is -2.07. The number of nitrogens with one attached hydrogen (secondary N) is 2. The number of halogens is 1. The number of nitrogens with zero attached hydrogens (tertiary/aromatic N) is 3. The lowest BCUT2D eigenvalue weighted by molar-refractivity contribution is 0.608. The molecule has 2 aromatic rings. The number of hydrogen-bond donors (Lipinski definition) is 3. The second-order valence-electron chi connectivity index (χ2n) is 3.36. The van der Waals surface area contributed by atoms with Gasteiger partial charge in [0.2, 0.25) is 0 Å². The molecule has 0 saturated carbocycles. The summed E-state index contributed by atoms with van der Waals surface area (Å²) < 4.78 is 15.2. The van der Waals surface area contributed by atoms with Gasteiger partial charge in [0.05, 0.1) is 0 Å². The van der Waals surface area contributed by atoms with E-state index in [9.17, 15) is 4.39 Å². The number of thiol groups is 1. The van der Waals surface area contributed by atoms with Gasteiger partial charge in [-0.2, -0.15) is 5.10 Å². The highest BCUT2D eigenvalue weighted by Crippen LogP contribution is 2.18. The maximum atomic E-state index is 13.8. The van der Waals surface area contributed by atoms with Crippen LogP contribution in [0.2, 0.25) is 0 Å². The van der Waals surface area contributed by atoms with Crippen LogP contribution in [-0.2, 0) is 0 Å². The predicted molar refractivity (Wildman–Crippen MR) is 66.4 cm³/mol. The zero-order chi connectivity index (χ0) is 12.4. The first-order valence-corrected chi connectivity index (χ1v) is 5.24. The maximum absolute atomic E-state index is 13.8. The molecule has 2 rings (SSSR count). The largest absolute Gasteiger partial charge is 0.335 e. The Morgan fingerprint density at radius 1 is 1.53 bits per heavy atom. The predicted octanol–water partition coefficient (Wildman–Crippen LogP) is 1.99. The van der Waals surface area contributed by atoms with E-state index >= 15 is 0 Å². The van der Waals surface area contributed by atoms with Gasteiger partial charge in [-0.05, 0) is 25.1 Å². The Hall–Kier alpha value is -1.89. The van der Waals surface area contributed by atoms with Gasteiger partial charge in [-0.3, -0.25) is 5.41 Å². The lowest BCUT2D eigenvalue weighted by Crippen LogP contribution is -2.05. The molecule has 1 heterocycles. The molecule has 0 atom stereocenters. The summed E-state index contributed by atoms with van der Waals surface area (Å²) in [6.07, 6.45) is 1.37. The number of hydrogen-bond acceptors (Lipinski definition) is 3. The minimum absolute atomic E-state index is 0.0471. The molecule has 0 fully saturated rings. The molecule has 0 unspecified atom stereocenters. The maximum Gasteiger partial charge on any atom is 0.155 e. The first-order chi connectivity index (χ1) is 8.08. The Kier molecular flexibility index (Phi) is 3.10. The van der Waals surface area contributed by atoms with E-state index in [-0.39, 0.29) is 5.17 Å². The second-order valence-corrected chi connectivity index (χ2v) is 3.81. The minimum atomic E-state index is -0.446. The van der Waals surface area contributed by atoms with Gasteiger partial charge in [0.25, 0.3) is 0 Å². The van der Waals surface area contributed by atoms with Crippen molar-refractivity contribution in [2.75, 3.05) is 5.32 Å². The molecular formula is C10H10FN5S. The van der Waals surface area contributed by atoms with Crippen LogP contribution in [-0.4, -0.2) is 19.9 Å². The molecule has 5 nitrogen and oxygen atoms in total. The van der Waals surface area contributed by atoms with Crippen LogP contribution in [0.4, 0.5) is 10.1 Å². The first kappa shape index (κ1) is 11.6. The highest BCUT2D eigenvalue weighted by atomic mass is 32.1. The van der Waals surface area contributed by atoms with Crippen LogP contribution < -0.4 is 5.32 Å². The smallest absolute Gasteiger partial charge is 0.155 e. The average Bonchev–Trinajstić information content (AvgIpc) is 2.64. The Morgan fingerprint density at radius 3 is 2.82 bits per heavy atom. The van der Waals surface area contributed by atoms with E-state index in [1.807, 2.05) is 0 Å². The highest BCUT2D eigenvalue weighted by Gasteiger charge is 2.09. The van der Waals surface area contributed by atoms with Gasteiger partial charge < -0.3 is 5.32 Å². The molecule has 0 aliphatic carbocycles. The van der Waals surface area contributed by atoms with Crippen molar-refractivity contribution < 1.29 is 4.39 Å². The van der Waals surface area contributed by atoms with Crippen LogP contribution in [0.3, 0.4) is 0 Å². The quantitative estimate of drug-likeness (QED) is 0.434. The summed E-state index contributed by atoms with van der Waals surface area (Å²) in [6, 6.07) is 4.49. The summed E-state index contributed by atoms with van der Waals surface area (Å²) in [5.74, 6) is 0.157. The van der Waals surface area contributed by atoms with Crippen molar-refractivity contribution in [2.24, 2.45) is 0 Å². The summed E-state index contributed by atoms with van der Waals surface area (Å²) in [5.41, 5.74) is 0.778. The summed E-state index contributed by atoms with van der Waals surface area (Å²) in [4.78, 5) is 3.93. The molecule has 88 valence electrons. The fraction of sp³-hybridized carbons (Fsp3) is 0.100. The average molecular weight is 251 g/mol. The first-order valence-electron chi connectivity index (χ1n) is 4.79. The van der Waals surface area contributed by atoms with Crippen LogP contribution in [0.5, 0.6) is 0 Å². The summed E-state index contributed by atoms with van der Waals surface area (Å²) in [7, 11) is 0. The van der Waals surface area contributed by atoms with Gasteiger partial charge in [0.1, 0.15) is 17.8 Å². The van der Waals surface area contributed by atoms with E-state index in [0.29, 0.717) is 17.2 Å². The van der Waals surface area contributed by atoms with Crippen molar-refractivity contribution in [1.29, 1.82) is 5.41 Å². The van der Waals surface area contributed by atoms with Crippen LogP contribution >= 0.6 is 12.6 Å². The molecule has 7 heteroatoms. The molecule has 0 amide bonds. The molecule has 2 N–H and O–H groups in total. The van der Waals surface area contributed by atoms with E-state index in [4.69, 9.17) is 5.41 Å². The van der Waals surface area contributed by atoms with Crippen LogP contribution in [0.1, 0.15) is 5.82 Å². The molecular weight excluding hydrogens is 241 g/mol. The lowest BCUT2D eigenvalue weighted by atomic mass is 10.2. The Bertz CT molecular complexity index is 566. The van der Waals surface area contributed by atoms with Gasteiger partial charge in [-0.1, -0.05) is 0 Å². The monoisotopic (exact) mass is 251 g/mol. The molecule has 0 aliphatic heterocycles. The summed E-state index contributed by atoms with van der Waals surface area (Å²) in [6.45, 7) is 1.74. The van der Waals surface area contributed by atoms with Gasteiger partial charge in [-0.25, -0.2) is 14.1 Å². The molecule has 0 spiro atoms. The Morgan fingerprint density at radius 2 is 2.29 bits per heavy atom. The van der Waals surface area contributed by atoms with Crippen molar-refractivity contribution in [3.05, 3.63) is 36.2 Å². The normalized spacial score (nSPS) is 10.3. The number of amidine groups is 1. The van der Waals surface area contributed by atoms with E-state index < -0.39 is 5.82 Å². The van der Waals surface area contributed by atoms with Gasteiger partial charge in [0, 0.05) is 5.69 Å². The topological polar surface area (TPSA) is 66.6 Å². The Labute approximate surface area is 103 Å². The molecule has 17 heavy (non-hydrogen) atoms.